The predicted octanol–water partition coefficient (Wildman–Crippen LogP) is 3.57. The minimum atomic E-state index is -0.763. The topological polar surface area (TPSA) is 94.8 Å². The van der Waals surface area contributed by atoms with Crippen molar-refractivity contribution in [2.24, 2.45) is 0 Å². The zero-order chi connectivity index (χ0) is 20.8. The molecular weight excluding hydrogens is 398 g/mol. The van der Waals surface area contributed by atoms with Crippen molar-refractivity contribution in [1.82, 2.24) is 5.32 Å². The number of amides is 1. The van der Waals surface area contributed by atoms with Crippen LogP contribution in [0.4, 0.5) is 0 Å². The summed E-state index contributed by atoms with van der Waals surface area (Å²) in [4.78, 5) is 36.1. The van der Waals surface area contributed by atoms with Gasteiger partial charge in [0.05, 0.1) is 0 Å². The van der Waals surface area contributed by atoms with E-state index in [0.29, 0.717) is 22.7 Å². The highest BCUT2D eigenvalue weighted by molar-refractivity contribution is 6.30. The van der Waals surface area contributed by atoms with Crippen LogP contribution in [0.2, 0.25) is 5.02 Å². The largest absolute Gasteiger partial charge is 0.482 e. The van der Waals surface area contributed by atoms with E-state index in [1.54, 1.807) is 30.3 Å². The van der Waals surface area contributed by atoms with E-state index in [1.165, 1.54) is 18.2 Å². The van der Waals surface area contributed by atoms with Gasteiger partial charge in [0.25, 0.3) is 5.91 Å². The molecular formula is C21H18ClNO6. The van der Waals surface area contributed by atoms with Gasteiger partial charge in [0, 0.05) is 23.0 Å². The van der Waals surface area contributed by atoms with Crippen molar-refractivity contribution in [3.63, 3.8) is 0 Å². The van der Waals surface area contributed by atoms with Crippen molar-refractivity contribution in [3.05, 3.63) is 69.5 Å². The Morgan fingerprint density at radius 1 is 1.07 bits per heavy atom. The number of nitrogens with one attached hydrogen (secondary N) is 1. The molecule has 0 spiro atoms. The van der Waals surface area contributed by atoms with E-state index in [4.69, 9.17) is 25.5 Å². The fourth-order valence-corrected chi connectivity index (χ4v) is 2.61. The second-order valence-electron chi connectivity index (χ2n) is 6.12. The number of carbonyl (C=O) groups is 2. The van der Waals surface area contributed by atoms with Crippen LogP contribution in [0, 0.1) is 0 Å². The number of halogens is 1. The van der Waals surface area contributed by atoms with E-state index < -0.39 is 17.5 Å². The smallest absolute Gasteiger partial charge is 0.349 e. The lowest BCUT2D eigenvalue weighted by molar-refractivity contribution is -0.136. The molecule has 3 rings (SSSR count). The summed E-state index contributed by atoms with van der Waals surface area (Å²) in [6.45, 7) is 2.07. The summed E-state index contributed by atoms with van der Waals surface area (Å²) in [7, 11) is 0. The first-order chi connectivity index (χ1) is 14.0. The first-order valence-corrected chi connectivity index (χ1v) is 9.29. The lowest BCUT2D eigenvalue weighted by atomic mass is 10.1. The summed E-state index contributed by atoms with van der Waals surface area (Å²) in [6, 6.07) is 12.5. The van der Waals surface area contributed by atoms with Gasteiger partial charge in [-0.2, -0.15) is 0 Å². The molecule has 0 saturated carbocycles. The third-order valence-electron chi connectivity index (χ3n) is 3.89. The molecule has 0 aliphatic rings. The van der Waals surface area contributed by atoms with Gasteiger partial charge in [0.2, 0.25) is 0 Å². The highest BCUT2D eigenvalue weighted by atomic mass is 35.5. The van der Waals surface area contributed by atoms with E-state index in [9.17, 15) is 14.4 Å². The highest BCUT2D eigenvalue weighted by Crippen LogP contribution is 2.21. The van der Waals surface area contributed by atoms with Gasteiger partial charge in [-0.25, -0.2) is 9.59 Å². The monoisotopic (exact) mass is 415 g/mol. The van der Waals surface area contributed by atoms with Crippen LogP contribution in [0.15, 0.2) is 57.7 Å². The molecule has 7 nitrogen and oxygen atoms in total. The molecule has 0 aliphatic heterocycles. The molecule has 0 bridgehead atoms. The van der Waals surface area contributed by atoms with Gasteiger partial charge in [-0.1, -0.05) is 18.5 Å². The van der Waals surface area contributed by atoms with Crippen LogP contribution in [0.25, 0.3) is 11.0 Å². The summed E-state index contributed by atoms with van der Waals surface area (Å²) in [6.07, 6.45) is 0.751. The molecule has 0 fully saturated rings. The molecule has 29 heavy (non-hydrogen) atoms. The van der Waals surface area contributed by atoms with E-state index in [2.05, 4.69) is 5.32 Å². The van der Waals surface area contributed by atoms with Crippen molar-refractivity contribution in [2.45, 2.75) is 13.3 Å². The second-order valence-corrected chi connectivity index (χ2v) is 6.56. The van der Waals surface area contributed by atoms with Crippen LogP contribution in [0.1, 0.15) is 23.7 Å². The summed E-state index contributed by atoms with van der Waals surface area (Å²) in [5.74, 6) is -0.451. The molecule has 1 amide bonds. The standard InChI is InChI=1S/C21H18ClNO6/c1-2-9-23-20(25)17-10-13-3-6-16(11-18(13)29-21(17)26)28-19(24)12-27-15-7-4-14(22)5-8-15/h3-8,10-11H,2,9,12H2,1H3,(H,23,25). The quantitative estimate of drug-likeness (QED) is 0.360. The molecule has 150 valence electrons. The van der Waals surface area contributed by atoms with Crippen LogP contribution in [0.3, 0.4) is 0 Å². The molecule has 2 aromatic carbocycles. The number of ether oxygens (including phenoxy) is 2. The van der Waals surface area contributed by atoms with Crippen molar-refractivity contribution >= 4 is 34.4 Å². The third kappa shape index (κ3) is 5.36. The van der Waals surface area contributed by atoms with Gasteiger partial charge < -0.3 is 19.2 Å². The lowest BCUT2D eigenvalue weighted by Crippen LogP contribution is -2.28. The molecule has 0 aliphatic carbocycles. The summed E-state index contributed by atoms with van der Waals surface area (Å²) in [5.41, 5.74) is -0.640. The molecule has 0 unspecified atom stereocenters. The average molecular weight is 416 g/mol. The first kappa shape index (κ1) is 20.4. The Morgan fingerprint density at radius 2 is 1.79 bits per heavy atom. The maximum atomic E-state index is 12.1. The van der Waals surface area contributed by atoms with E-state index in [-0.39, 0.29) is 23.5 Å². The van der Waals surface area contributed by atoms with Crippen LogP contribution < -0.4 is 20.4 Å². The van der Waals surface area contributed by atoms with E-state index >= 15 is 0 Å². The molecule has 8 heteroatoms. The Balaban J connectivity index is 1.69. The maximum absolute atomic E-state index is 12.1. The minimum absolute atomic E-state index is 0.0768. The zero-order valence-electron chi connectivity index (χ0n) is 15.6. The molecule has 3 aromatic rings. The number of fused-ring (bicyclic) bond motifs is 1. The number of hydrogen-bond donors (Lipinski definition) is 1. The van der Waals surface area contributed by atoms with Crippen LogP contribution in [-0.4, -0.2) is 25.0 Å². The Morgan fingerprint density at radius 3 is 2.52 bits per heavy atom. The van der Waals surface area contributed by atoms with Crippen LogP contribution in [0.5, 0.6) is 11.5 Å². The molecule has 1 heterocycles. The number of hydrogen-bond acceptors (Lipinski definition) is 6. The molecule has 1 aromatic heterocycles. The number of rotatable bonds is 7. The van der Waals surface area contributed by atoms with E-state index in [0.717, 1.165) is 6.42 Å². The van der Waals surface area contributed by atoms with Crippen molar-refractivity contribution in [2.75, 3.05) is 13.2 Å². The normalized spacial score (nSPS) is 10.6. The van der Waals surface area contributed by atoms with Gasteiger partial charge in [0.15, 0.2) is 6.61 Å². The number of carbonyl (C=O) groups excluding carboxylic acids is 2. The van der Waals surface area contributed by atoms with Gasteiger partial charge >= 0.3 is 11.6 Å². The number of esters is 1. The first-order valence-electron chi connectivity index (χ1n) is 8.91. The fraction of sp³-hybridized carbons (Fsp3) is 0.190. The fourth-order valence-electron chi connectivity index (χ4n) is 2.48. The van der Waals surface area contributed by atoms with E-state index in [1.807, 2.05) is 6.92 Å². The molecule has 0 radical (unpaired) electrons. The molecule has 0 atom stereocenters. The predicted molar refractivity (Wildman–Crippen MR) is 108 cm³/mol. The Hall–Kier alpha value is -3.32. The van der Waals surface area contributed by atoms with Crippen LogP contribution >= 0.6 is 11.6 Å². The number of benzene rings is 2. The van der Waals surface area contributed by atoms with Gasteiger partial charge in [-0.05, 0) is 48.9 Å². The maximum Gasteiger partial charge on any atom is 0.349 e. The molecule has 1 N–H and O–H groups in total. The Labute approximate surface area is 171 Å². The Kier molecular flexibility index (Phi) is 6.51. The third-order valence-corrected chi connectivity index (χ3v) is 4.14. The van der Waals surface area contributed by atoms with Crippen molar-refractivity contribution in [1.29, 1.82) is 0 Å². The van der Waals surface area contributed by atoms with Gasteiger partial charge in [0.1, 0.15) is 22.6 Å². The lowest BCUT2D eigenvalue weighted by Gasteiger charge is -2.08. The zero-order valence-corrected chi connectivity index (χ0v) is 16.3. The van der Waals surface area contributed by atoms with Crippen LogP contribution in [-0.2, 0) is 4.79 Å². The summed E-state index contributed by atoms with van der Waals surface area (Å²) < 4.78 is 15.7. The molecule has 0 saturated heterocycles. The van der Waals surface area contributed by atoms with Crippen molar-refractivity contribution in [3.8, 4) is 11.5 Å². The van der Waals surface area contributed by atoms with Gasteiger partial charge in [-0.3, -0.25) is 4.79 Å². The average Bonchev–Trinajstić information content (AvgIpc) is 2.71. The van der Waals surface area contributed by atoms with Crippen molar-refractivity contribution < 1.29 is 23.5 Å². The summed E-state index contributed by atoms with van der Waals surface area (Å²) >= 11 is 5.79. The summed E-state index contributed by atoms with van der Waals surface area (Å²) in [5, 5.41) is 3.72. The SMILES string of the molecule is CCCNC(=O)c1cc2ccc(OC(=O)COc3ccc(Cl)cc3)cc2oc1=O. The second kappa shape index (κ2) is 9.25. The minimum Gasteiger partial charge on any atom is -0.482 e. The highest BCUT2D eigenvalue weighted by Gasteiger charge is 2.14. The Bertz CT molecular complexity index is 1090. The van der Waals surface area contributed by atoms with Gasteiger partial charge in [-0.15, -0.1) is 0 Å².